The number of nitrogens with one attached hydrogen (secondary N) is 1. The lowest BCUT2D eigenvalue weighted by Gasteiger charge is -2.28. The van der Waals surface area contributed by atoms with Crippen LogP contribution in [0.2, 0.25) is 0 Å². The Morgan fingerprint density at radius 3 is 2.80 bits per heavy atom. The van der Waals surface area contributed by atoms with Crippen molar-refractivity contribution in [2.24, 2.45) is 5.73 Å². The van der Waals surface area contributed by atoms with Crippen LogP contribution in [0.3, 0.4) is 0 Å². The van der Waals surface area contributed by atoms with Gasteiger partial charge in [0.2, 0.25) is 0 Å². The number of amidine groups is 1. The van der Waals surface area contributed by atoms with Crippen molar-refractivity contribution < 1.29 is 0 Å². The van der Waals surface area contributed by atoms with Crippen LogP contribution in [0.1, 0.15) is 30.5 Å². The Labute approximate surface area is 120 Å². The van der Waals surface area contributed by atoms with Crippen molar-refractivity contribution in [2.45, 2.75) is 38.3 Å². The van der Waals surface area contributed by atoms with Crippen LogP contribution in [-0.4, -0.2) is 47.9 Å². The highest BCUT2D eigenvalue weighted by atomic mass is 15.3. The third-order valence-electron chi connectivity index (χ3n) is 4.75. The molecule has 2 fully saturated rings. The fourth-order valence-electron chi connectivity index (χ4n) is 3.50. The zero-order chi connectivity index (χ0) is 14.3. The zero-order valence-corrected chi connectivity index (χ0v) is 12.3. The van der Waals surface area contributed by atoms with Gasteiger partial charge in [-0.1, -0.05) is 0 Å². The van der Waals surface area contributed by atoms with Gasteiger partial charge in [0.05, 0.1) is 5.56 Å². The lowest BCUT2D eigenvalue weighted by atomic mass is 10.1. The first-order chi connectivity index (χ1) is 9.56. The highest BCUT2D eigenvalue weighted by molar-refractivity contribution is 5.99. The van der Waals surface area contributed by atoms with Crippen LogP contribution in [0, 0.1) is 12.3 Å². The lowest BCUT2D eigenvalue weighted by Crippen LogP contribution is -2.37. The highest BCUT2D eigenvalue weighted by Crippen LogP contribution is 2.31. The molecule has 0 aromatic carbocycles. The van der Waals surface area contributed by atoms with Crippen molar-refractivity contribution in [1.29, 1.82) is 5.41 Å². The standard InChI is InChI=1S/C15H23N5/c1-10-3-6-13(14(16)17)15(18-10)20-8-7-11-4-5-12(9-20)19(11)2/h3,6,11-12H,4-5,7-9H2,1-2H3,(H3,16,17). The molecule has 1 aromatic rings. The average Bonchev–Trinajstić information content (AvgIpc) is 2.62. The third-order valence-corrected chi connectivity index (χ3v) is 4.75. The molecule has 0 amide bonds. The molecule has 0 radical (unpaired) electrons. The van der Waals surface area contributed by atoms with Gasteiger partial charge in [-0.2, -0.15) is 0 Å². The molecule has 5 heteroatoms. The van der Waals surface area contributed by atoms with E-state index >= 15 is 0 Å². The van der Waals surface area contributed by atoms with Crippen LogP contribution < -0.4 is 10.6 Å². The fourth-order valence-corrected chi connectivity index (χ4v) is 3.50. The molecule has 2 saturated heterocycles. The molecule has 1 aromatic heterocycles. The van der Waals surface area contributed by atoms with Crippen molar-refractivity contribution in [3.63, 3.8) is 0 Å². The molecule has 2 aliphatic heterocycles. The van der Waals surface area contributed by atoms with Crippen molar-refractivity contribution in [3.8, 4) is 0 Å². The van der Waals surface area contributed by atoms with Gasteiger partial charge >= 0.3 is 0 Å². The van der Waals surface area contributed by atoms with Gasteiger partial charge in [0.15, 0.2) is 0 Å². The number of anilines is 1. The maximum absolute atomic E-state index is 7.76. The first kappa shape index (κ1) is 13.4. The van der Waals surface area contributed by atoms with Crippen LogP contribution in [0.4, 0.5) is 5.82 Å². The SMILES string of the molecule is Cc1ccc(C(=N)N)c(N2CCC3CCC(C2)N3C)n1. The van der Waals surface area contributed by atoms with E-state index in [0.29, 0.717) is 12.1 Å². The first-order valence-electron chi connectivity index (χ1n) is 7.35. The lowest BCUT2D eigenvalue weighted by molar-refractivity contribution is 0.254. The summed E-state index contributed by atoms with van der Waals surface area (Å²) in [5.74, 6) is 0.994. The van der Waals surface area contributed by atoms with E-state index in [-0.39, 0.29) is 5.84 Å². The van der Waals surface area contributed by atoms with Gasteiger partial charge in [-0.05, 0) is 45.4 Å². The maximum atomic E-state index is 7.76. The van der Waals surface area contributed by atoms with Crippen LogP contribution in [-0.2, 0) is 0 Å². The summed E-state index contributed by atoms with van der Waals surface area (Å²) in [6.07, 6.45) is 3.74. The van der Waals surface area contributed by atoms with Gasteiger partial charge in [0.1, 0.15) is 11.7 Å². The largest absolute Gasteiger partial charge is 0.384 e. The monoisotopic (exact) mass is 273 g/mol. The summed E-state index contributed by atoms with van der Waals surface area (Å²) >= 11 is 0. The second kappa shape index (κ2) is 5.05. The molecule has 2 aliphatic rings. The molecule has 2 unspecified atom stereocenters. The topological polar surface area (TPSA) is 69.2 Å². The Hall–Kier alpha value is -1.62. The summed E-state index contributed by atoms with van der Waals surface area (Å²) in [6, 6.07) is 5.16. The van der Waals surface area contributed by atoms with Crippen molar-refractivity contribution in [1.82, 2.24) is 9.88 Å². The molecule has 0 spiro atoms. The second-order valence-corrected chi connectivity index (χ2v) is 6.02. The van der Waals surface area contributed by atoms with E-state index in [1.165, 1.54) is 19.3 Å². The highest BCUT2D eigenvalue weighted by Gasteiger charge is 2.35. The van der Waals surface area contributed by atoms with Crippen LogP contribution in [0.15, 0.2) is 12.1 Å². The molecule has 0 saturated carbocycles. The van der Waals surface area contributed by atoms with Gasteiger partial charge < -0.3 is 10.6 Å². The molecule has 3 heterocycles. The second-order valence-electron chi connectivity index (χ2n) is 6.02. The Bertz CT molecular complexity index is 527. The van der Waals surface area contributed by atoms with E-state index in [1.807, 2.05) is 19.1 Å². The minimum absolute atomic E-state index is 0.107. The molecule has 20 heavy (non-hydrogen) atoms. The number of nitrogens with two attached hydrogens (primary N) is 1. The van der Waals surface area contributed by atoms with E-state index in [2.05, 4.69) is 21.8 Å². The Balaban J connectivity index is 1.93. The number of pyridine rings is 1. The van der Waals surface area contributed by atoms with Crippen molar-refractivity contribution in [2.75, 3.05) is 25.0 Å². The van der Waals surface area contributed by atoms with Crippen molar-refractivity contribution >= 4 is 11.7 Å². The van der Waals surface area contributed by atoms with E-state index in [1.54, 1.807) is 0 Å². The number of fused-ring (bicyclic) bond motifs is 2. The predicted molar refractivity (Wildman–Crippen MR) is 81.4 cm³/mol. The molecule has 2 bridgehead atoms. The summed E-state index contributed by atoms with van der Waals surface area (Å²) in [5, 5.41) is 7.76. The van der Waals surface area contributed by atoms with E-state index in [9.17, 15) is 0 Å². The summed E-state index contributed by atoms with van der Waals surface area (Å²) in [4.78, 5) is 9.50. The zero-order valence-electron chi connectivity index (χ0n) is 12.3. The summed E-state index contributed by atoms with van der Waals surface area (Å²) in [6.45, 7) is 3.98. The van der Waals surface area contributed by atoms with E-state index in [0.717, 1.165) is 30.2 Å². The van der Waals surface area contributed by atoms with E-state index in [4.69, 9.17) is 11.1 Å². The molecule has 5 nitrogen and oxygen atoms in total. The molecular weight excluding hydrogens is 250 g/mol. The van der Waals surface area contributed by atoms with Crippen LogP contribution >= 0.6 is 0 Å². The van der Waals surface area contributed by atoms with Gasteiger partial charge in [0.25, 0.3) is 0 Å². The van der Waals surface area contributed by atoms with Crippen LogP contribution in [0.5, 0.6) is 0 Å². The fraction of sp³-hybridized carbons (Fsp3) is 0.600. The summed E-state index contributed by atoms with van der Waals surface area (Å²) in [7, 11) is 2.24. The van der Waals surface area contributed by atoms with Gasteiger partial charge in [0, 0.05) is 30.9 Å². The number of nitrogens with zero attached hydrogens (tertiary/aromatic N) is 3. The maximum Gasteiger partial charge on any atom is 0.139 e. The Morgan fingerprint density at radius 1 is 1.30 bits per heavy atom. The van der Waals surface area contributed by atoms with Gasteiger partial charge in [-0.25, -0.2) is 4.98 Å². The number of likely N-dealkylation sites (N-methyl/N-ethyl adjacent to an activating group) is 1. The molecular formula is C15H23N5. The minimum Gasteiger partial charge on any atom is -0.384 e. The molecule has 108 valence electrons. The minimum atomic E-state index is 0.107. The molecule has 3 N–H and O–H groups in total. The van der Waals surface area contributed by atoms with Crippen molar-refractivity contribution in [3.05, 3.63) is 23.4 Å². The summed E-state index contributed by atoms with van der Waals surface area (Å²) < 4.78 is 0. The molecule has 2 atom stereocenters. The van der Waals surface area contributed by atoms with Gasteiger partial charge in [-0.3, -0.25) is 10.3 Å². The Morgan fingerprint density at radius 2 is 2.05 bits per heavy atom. The number of nitrogen functional groups attached to an aromatic ring is 1. The number of rotatable bonds is 2. The smallest absolute Gasteiger partial charge is 0.139 e. The van der Waals surface area contributed by atoms with E-state index < -0.39 is 0 Å². The third kappa shape index (κ3) is 2.26. The predicted octanol–water partition coefficient (Wildman–Crippen LogP) is 1.35. The van der Waals surface area contributed by atoms with Gasteiger partial charge in [-0.15, -0.1) is 0 Å². The number of hydrogen-bond acceptors (Lipinski definition) is 4. The summed E-state index contributed by atoms with van der Waals surface area (Å²) in [5.41, 5.74) is 7.46. The normalized spacial score (nSPS) is 26.6. The number of hydrogen-bond donors (Lipinski definition) is 2. The van der Waals surface area contributed by atoms with Crippen LogP contribution in [0.25, 0.3) is 0 Å². The molecule has 3 rings (SSSR count). The average molecular weight is 273 g/mol. The quantitative estimate of drug-likeness (QED) is 0.630. The number of aryl methyl sites for hydroxylation is 1. The Kier molecular flexibility index (Phi) is 3.38. The first-order valence-corrected chi connectivity index (χ1v) is 7.35. The number of aromatic nitrogens is 1. The molecule has 0 aliphatic carbocycles.